The summed E-state index contributed by atoms with van der Waals surface area (Å²) in [5.74, 6) is -2.23. The van der Waals surface area contributed by atoms with Crippen molar-refractivity contribution in [3.8, 4) is 6.07 Å². The minimum Gasteiger partial charge on any atom is -0.481 e. The van der Waals surface area contributed by atoms with E-state index < -0.39 is 35.5 Å². The molecule has 1 amide bonds. The van der Waals surface area contributed by atoms with Crippen LogP contribution in [0.3, 0.4) is 0 Å². The van der Waals surface area contributed by atoms with E-state index >= 15 is 0 Å². The maximum absolute atomic E-state index is 13.2. The third-order valence-electron chi connectivity index (χ3n) is 5.70. The summed E-state index contributed by atoms with van der Waals surface area (Å²) >= 11 is 0. The molecule has 0 aliphatic carbocycles. The third-order valence-corrected chi connectivity index (χ3v) is 5.70. The smallest absolute Gasteiger partial charge is 0.481 e. The lowest BCUT2D eigenvalue weighted by Gasteiger charge is -2.27. The highest BCUT2D eigenvalue weighted by atomic mass is 16.6. The molecule has 8 heteroatoms. The number of aliphatic carboxylic acids is 1. The van der Waals surface area contributed by atoms with E-state index in [9.17, 15) is 24.8 Å². The van der Waals surface area contributed by atoms with Crippen molar-refractivity contribution in [3.05, 3.63) is 71.9 Å². The van der Waals surface area contributed by atoms with E-state index in [1.165, 1.54) is 0 Å². The van der Waals surface area contributed by atoms with Crippen molar-refractivity contribution in [1.29, 1.82) is 5.26 Å². The van der Waals surface area contributed by atoms with Gasteiger partial charge in [0.25, 0.3) is 0 Å². The summed E-state index contributed by atoms with van der Waals surface area (Å²) in [7, 11) is 1.65. The first-order valence-corrected chi connectivity index (χ1v) is 11.2. The maximum atomic E-state index is 13.2. The van der Waals surface area contributed by atoms with Crippen molar-refractivity contribution in [2.75, 3.05) is 7.05 Å². The molecule has 1 aliphatic rings. The second-order valence-corrected chi connectivity index (χ2v) is 9.73. The van der Waals surface area contributed by atoms with Gasteiger partial charge in [0.05, 0.1) is 19.5 Å². The molecule has 0 fully saturated rings. The van der Waals surface area contributed by atoms with Crippen molar-refractivity contribution >= 4 is 29.3 Å². The Kier molecular flexibility index (Phi) is 7.13. The minimum absolute atomic E-state index is 0.0932. The first-order chi connectivity index (χ1) is 16.4. The van der Waals surface area contributed by atoms with Gasteiger partial charge in [0.2, 0.25) is 0 Å². The fraction of sp³-hybridized carbons (Fsp3) is 0.333. The van der Waals surface area contributed by atoms with E-state index in [1.807, 2.05) is 12.1 Å². The largest absolute Gasteiger partial charge is 0.526 e. The highest BCUT2D eigenvalue weighted by Crippen LogP contribution is 2.46. The lowest BCUT2D eigenvalue weighted by molar-refractivity contribution is -0.158. The van der Waals surface area contributed by atoms with E-state index in [2.05, 4.69) is 0 Å². The first kappa shape index (κ1) is 25.7. The molecule has 0 bridgehead atoms. The minimum atomic E-state index is -1.98. The van der Waals surface area contributed by atoms with Crippen LogP contribution in [0.5, 0.6) is 0 Å². The van der Waals surface area contributed by atoms with Gasteiger partial charge < -0.3 is 14.6 Å². The number of quaternary nitrogens is 1. The van der Waals surface area contributed by atoms with Crippen LogP contribution in [0.15, 0.2) is 60.8 Å². The van der Waals surface area contributed by atoms with Gasteiger partial charge in [0.1, 0.15) is 18.4 Å². The molecular weight excluding hydrogens is 448 g/mol. The Hall–Kier alpha value is -3.96. The summed E-state index contributed by atoms with van der Waals surface area (Å²) < 4.78 is 10.7. The molecule has 0 radical (unpaired) electrons. The number of amides is 1. The average Bonchev–Trinajstić information content (AvgIpc) is 3.09. The molecule has 0 spiro atoms. The number of nitriles is 1. The van der Waals surface area contributed by atoms with Crippen LogP contribution in [0.2, 0.25) is 0 Å². The van der Waals surface area contributed by atoms with Gasteiger partial charge in [-0.3, -0.25) is 9.59 Å². The summed E-state index contributed by atoms with van der Waals surface area (Å²) in [6.45, 7) is 5.20. The number of nitrogens with zero attached hydrogens (tertiary/aromatic N) is 2. The third kappa shape index (κ3) is 5.58. The molecular formula is C27H29N2O6+. The zero-order chi connectivity index (χ0) is 25.9. The highest BCUT2D eigenvalue weighted by molar-refractivity contribution is 5.97. The number of hydrogen-bond donors (Lipinski definition) is 1. The predicted molar refractivity (Wildman–Crippen MR) is 130 cm³/mol. The molecule has 1 N–H and O–H groups in total. The monoisotopic (exact) mass is 477 g/mol. The number of carboxylic acid groups (broad SMARTS) is 1. The van der Waals surface area contributed by atoms with Crippen molar-refractivity contribution in [3.63, 3.8) is 0 Å². The van der Waals surface area contributed by atoms with E-state index in [-0.39, 0.29) is 17.5 Å². The van der Waals surface area contributed by atoms with Crippen molar-refractivity contribution in [2.45, 2.75) is 45.8 Å². The molecule has 0 saturated heterocycles. The number of carbonyl (C=O) groups excluding carboxylic acids is 2. The van der Waals surface area contributed by atoms with E-state index in [0.29, 0.717) is 22.4 Å². The van der Waals surface area contributed by atoms with Gasteiger partial charge in [-0.1, -0.05) is 42.5 Å². The fourth-order valence-electron chi connectivity index (χ4n) is 4.03. The van der Waals surface area contributed by atoms with Gasteiger partial charge in [-0.25, -0.2) is 0 Å². The first-order valence-electron chi connectivity index (χ1n) is 11.2. The number of fused-ring (bicyclic) bond motifs is 1. The Balaban J connectivity index is 1.98. The summed E-state index contributed by atoms with van der Waals surface area (Å²) in [6.07, 6.45) is 0.0912. The molecule has 3 rings (SSSR count). The summed E-state index contributed by atoms with van der Waals surface area (Å²) in [4.78, 5) is 38.0. The molecule has 0 aromatic heterocycles. The zero-order valence-corrected chi connectivity index (χ0v) is 20.3. The molecule has 2 aromatic rings. The summed E-state index contributed by atoms with van der Waals surface area (Å²) in [6, 6.07) is 17.9. The van der Waals surface area contributed by atoms with Gasteiger partial charge in [0, 0.05) is 23.6 Å². The number of esters is 1. The van der Waals surface area contributed by atoms with Crippen LogP contribution >= 0.6 is 0 Å². The molecule has 1 heterocycles. The van der Waals surface area contributed by atoms with Crippen LogP contribution in [0.25, 0.3) is 5.57 Å². The summed E-state index contributed by atoms with van der Waals surface area (Å²) in [5, 5.41) is 19.6. The predicted octanol–water partition coefficient (Wildman–Crippen LogP) is 5.03. The molecule has 35 heavy (non-hydrogen) atoms. The fourth-order valence-corrected chi connectivity index (χ4v) is 4.03. The number of carbonyl (C=O) groups is 3. The molecule has 0 saturated carbocycles. The number of ether oxygens (including phenoxy) is 2. The van der Waals surface area contributed by atoms with Crippen LogP contribution in [-0.4, -0.2) is 35.8 Å². The number of carboxylic acids is 1. The van der Waals surface area contributed by atoms with Crippen molar-refractivity contribution in [2.24, 2.45) is 5.41 Å². The normalized spacial score (nSPS) is 18.4. The number of para-hydroxylation sites is 1. The average molecular weight is 478 g/mol. The SMILES string of the molecule is CC(C)(C)OC(=O)[N+]1(C)C=C(CC(C#N)(CC(=O)O)C(=O)OCc2ccccc2)c2ccccc21. The van der Waals surface area contributed by atoms with Crippen LogP contribution in [0, 0.1) is 16.7 Å². The molecule has 1 aliphatic heterocycles. The number of allylic oxidation sites excluding steroid dienone is 1. The van der Waals surface area contributed by atoms with Crippen molar-refractivity contribution < 1.29 is 29.0 Å². The number of rotatable bonds is 7. The second-order valence-electron chi connectivity index (χ2n) is 9.73. The van der Waals surface area contributed by atoms with Gasteiger partial charge in [-0.2, -0.15) is 14.5 Å². The Morgan fingerprint density at radius 3 is 2.26 bits per heavy atom. The second kappa shape index (κ2) is 9.72. The number of hydrogen-bond acceptors (Lipinski definition) is 6. The topological polar surface area (TPSA) is 114 Å². The van der Waals surface area contributed by atoms with Crippen LogP contribution in [-0.2, 0) is 25.7 Å². The zero-order valence-electron chi connectivity index (χ0n) is 20.3. The van der Waals surface area contributed by atoms with Gasteiger partial charge >= 0.3 is 18.0 Å². The molecule has 2 aromatic carbocycles. The summed E-state index contributed by atoms with van der Waals surface area (Å²) in [5.41, 5.74) is -0.262. The Morgan fingerprint density at radius 2 is 1.66 bits per heavy atom. The Bertz CT molecular complexity index is 1210. The van der Waals surface area contributed by atoms with Gasteiger partial charge in [-0.15, -0.1) is 0 Å². The molecule has 182 valence electrons. The Labute approximate surface area is 204 Å². The maximum Gasteiger partial charge on any atom is 0.526 e. The standard InChI is InChI=1S/C27H28N2O6/c1-26(2,3)35-25(33)29(4)16-20(21-12-8-9-13-22(21)29)14-27(18-28,15-23(30)31)24(32)34-17-19-10-6-5-7-11-19/h5-13,16H,14-15,17H2,1-4H3/p+1. The van der Waals surface area contributed by atoms with Crippen LogP contribution in [0.1, 0.15) is 44.7 Å². The highest BCUT2D eigenvalue weighted by Gasteiger charge is 2.49. The molecule has 8 nitrogen and oxygen atoms in total. The Morgan fingerprint density at radius 1 is 1.03 bits per heavy atom. The van der Waals surface area contributed by atoms with Crippen molar-refractivity contribution in [1.82, 2.24) is 4.48 Å². The van der Waals surface area contributed by atoms with Gasteiger partial charge in [0.15, 0.2) is 11.1 Å². The lowest BCUT2D eigenvalue weighted by atomic mass is 9.78. The van der Waals surface area contributed by atoms with Gasteiger partial charge in [-0.05, 0) is 32.4 Å². The lowest BCUT2D eigenvalue weighted by Crippen LogP contribution is -2.47. The van der Waals surface area contributed by atoms with Crippen LogP contribution < -0.4 is 4.48 Å². The van der Waals surface area contributed by atoms with Crippen LogP contribution in [0.4, 0.5) is 10.5 Å². The van der Waals surface area contributed by atoms with E-state index in [1.54, 1.807) is 82.5 Å². The van der Waals surface area contributed by atoms with E-state index in [4.69, 9.17) is 9.47 Å². The molecule has 2 atom stereocenters. The molecule has 2 unspecified atom stereocenters. The van der Waals surface area contributed by atoms with E-state index in [0.717, 1.165) is 0 Å². The number of benzene rings is 2. The quantitative estimate of drug-likeness (QED) is 0.439.